The molecule has 24 heavy (non-hydrogen) atoms. The number of benzene rings is 2. The molecule has 0 amide bonds. The number of aryl methyl sites for hydroxylation is 1. The van der Waals surface area contributed by atoms with E-state index in [-0.39, 0.29) is 11.9 Å². The molecule has 1 N–H and O–H groups in total. The topological polar surface area (TPSA) is 15.3 Å². The predicted molar refractivity (Wildman–Crippen MR) is 98.1 cm³/mol. The summed E-state index contributed by atoms with van der Waals surface area (Å²) in [4.78, 5) is 2.32. The van der Waals surface area contributed by atoms with Crippen LogP contribution >= 0.6 is 0 Å². The maximum Gasteiger partial charge on any atom is 0.123 e. The highest BCUT2D eigenvalue weighted by atomic mass is 19.1. The van der Waals surface area contributed by atoms with Gasteiger partial charge in [0.1, 0.15) is 5.82 Å². The van der Waals surface area contributed by atoms with E-state index >= 15 is 0 Å². The zero-order chi connectivity index (χ0) is 17.1. The Bertz CT molecular complexity index is 734. The Kier molecular flexibility index (Phi) is 4.89. The van der Waals surface area contributed by atoms with Gasteiger partial charge in [0.05, 0.1) is 6.04 Å². The van der Waals surface area contributed by atoms with Crippen LogP contribution in [0.15, 0.2) is 54.4 Å². The van der Waals surface area contributed by atoms with Crippen LogP contribution in [-0.2, 0) is 0 Å². The molecule has 1 heterocycles. The largest absolute Gasteiger partial charge is 0.393 e. The van der Waals surface area contributed by atoms with Gasteiger partial charge in [-0.3, -0.25) is 0 Å². The molecule has 1 aliphatic rings. The molecular weight excluding hydrogens is 299 g/mol. The van der Waals surface area contributed by atoms with Gasteiger partial charge in [0, 0.05) is 26.0 Å². The molecule has 0 aliphatic carbocycles. The molecule has 2 aromatic rings. The fraction of sp³-hybridized carbons (Fsp3) is 0.333. The molecule has 2 aromatic carbocycles. The van der Waals surface area contributed by atoms with Crippen molar-refractivity contribution in [2.45, 2.75) is 32.2 Å². The molecule has 0 saturated carbocycles. The highest BCUT2D eigenvalue weighted by molar-refractivity contribution is 5.68. The molecule has 0 bridgehead atoms. The standard InChI is InChI=1S/C21H25FN2/c1-15-7-9-16(10-8-15)20-13-17(22)11-12-19(20)21-6-4-5-18(14-23-2)24(21)3/h7-14,21,23H,4-6H2,1-3H3/b18-14-. The van der Waals surface area contributed by atoms with E-state index < -0.39 is 0 Å². The summed E-state index contributed by atoms with van der Waals surface area (Å²) in [6, 6.07) is 13.8. The van der Waals surface area contributed by atoms with Crippen molar-refractivity contribution in [3.8, 4) is 11.1 Å². The first-order valence-electron chi connectivity index (χ1n) is 8.56. The number of rotatable bonds is 3. The van der Waals surface area contributed by atoms with Crippen LogP contribution < -0.4 is 5.32 Å². The lowest BCUT2D eigenvalue weighted by Crippen LogP contribution is -2.29. The second-order valence-corrected chi connectivity index (χ2v) is 6.54. The van der Waals surface area contributed by atoms with Gasteiger partial charge in [-0.15, -0.1) is 0 Å². The third-order valence-electron chi connectivity index (χ3n) is 4.88. The normalized spacial score (nSPS) is 19.6. The van der Waals surface area contributed by atoms with Crippen LogP contribution in [0.3, 0.4) is 0 Å². The molecule has 3 heteroatoms. The maximum atomic E-state index is 13.9. The number of halogens is 1. The number of allylic oxidation sites excluding steroid dienone is 1. The summed E-state index contributed by atoms with van der Waals surface area (Å²) in [5.74, 6) is -0.182. The predicted octanol–water partition coefficient (Wildman–Crippen LogP) is 5.02. The minimum absolute atomic E-state index is 0.182. The Morgan fingerprint density at radius 1 is 1.17 bits per heavy atom. The minimum atomic E-state index is -0.182. The van der Waals surface area contributed by atoms with Crippen molar-refractivity contribution in [2.24, 2.45) is 0 Å². The van der Waals surface area contributed by atoms with Gasteiger partial charge in [-0.05, 0) is 55.0 Å². The first kappa shape index (κ1) is 16.6. The van der Waals surface area contributed by atoms with Gasteiger partial charge in [-0.2, -0.15) is 0 Å². The van der Waals surface area contributed by atoms with Crippen LogP contribution in [0.2, 0.25) is 0 Å². The van der Waals surface area contributed by atoms with E-state index in [1.165, 1.54) is 16.8 Å². The number of piperidine rings is 1. The number of likely N-dealkylation sites (tertiary alicyclic amines) is 1. The first-order chi connectivity index (χ1) is 11.6. The monoisotopic (exact) mass is 324 g/mol. The fourth-order valence-electron chi connectivity index (χ4n) is 3.55. The van der Waals surface area contributed by atoms with Gasteiger partial charge < -0.3 is 10.2 Å². The Morgan fingerprint density at radius 3 is 2.62 bits per heavy atom. The number of nitrogens with zero attached hydrogens (tertiary/aromatic N) is 1. The molecule has 0 radical (unpaired) electrons. The lowest BCUT2D eigenvalue weighted by Gasteiger charge is -2.37. The van der Waals surface area contributed by atoms with Gasteiger partial charge in [0.25, 0.3) is 0 Å². The second kappa shape index (κ2) is 7.08. The number of nitrogens with one attached hydrogen (secondary N) is 1. The van der Waals surface area contributed by atoms with Gasteiger partial charge in [-0.1, -0.05) is 35.9 Å². The van der Waals surface area contributed by atoms with Crippen LogP contribution in [0.4, 0.5) is 4.39 Å². The minimum Gasteiger partial charge on any atom is -0.393 e. The van der Waals surface area contributed by atoms with Crippen molar-refractivity contribution >= 4 is 0 Å². The Labute approximate surface area is 144 Å². The van der Waals surface area contributed by atoms with Gasteiger partial charge in [0.2, 0.25) is 0 Å². The van der Waals surface area contributed by atoms with Crippen LogP contribution in [0.5, 0.6) is 0 Å². The average Bonchev–Trinajstić information content (AvgIpc) is 2.58. The zero-order valence-corrected chi connectivity index (χ0v) is 14.6. The van der Waals surface area contributed by atoms with Crippen molar-refractivity contribution in [3.63, 3.8) is 0 Å². The van der Waals surface area contributed by atoms with Crippen LogP contribution in [0.25, 0.3) is 11.1 Å². The maximum absolute atomic E-state index is 13.9. The highest BCUT2D eigenvalue weighted by Crippen LogP contribution is 2.39. The molecule has 1 fully saturated rings. The number of hydrogen-bond acceptors (Lipinski definition) is 2. The summed E-state index contributed by atoms with van der Waals surface area (Å²) < 4.78 is 13.9. The Balaban J connectivity index is 2.04. The van der Waals surface area contributed by atoms with Gasteiger partial charge >= 0.3 is 0 Å². The summed E-state index contributed by atoms with van der Waals surface area (Å²) in [6.07, 6.45) is 5.38. The molecule has 1 aliphatic heterocycles. The van der Waals surface area contributed by atoms with E-state index in [9.17, 15) is 4.39 Å². The lowest BCUT2D eigenvalue weighted by molar-refractivity contribution is 0.241. The average molecular weight is 324 g/mol. The SMILES string of the molecule is CN/C=C1/CCCC(c2ccc(F)cc2-c2ccc(C)cc2)N1C. The van der Waals surface area contributed by atoms with E-state index in [0.29, 0.717) is 0 Å². The lowest BCUT2D eigenvalue weighted by atomic mass is 9.88. The second-order valence-electron chi connectivity index (χ2n) is 6.54. The van der Waals surface area contributed by atoms with E-state index in [2.05, 4.69) is 54.7 Å². The van der Waals surface area contributed by atoms with E-state index in [1.54, 1.807) is 12.1 Å². The molecule has 1 saturated heterocycles. The van der Waals surface area contributed by atoms with Crippen molar-refractivity contribution in [3.05, 3.63) is 71.3 Å². The summed E-state index contributed by atoms with van der Waals surface area (Å²) in [7, 11) is 4.06. The molecule has 1 atom stereocenters. The smallest absolute Gasteiger partial charge is 0.123 e. The quantitative estimate of drug-likeness (QED) is 0.853. The number of hydrogen-bond donors (Lipinski definition) is 1. The molecule has 1 unspecified atom stereocenters. The summed E-state index contributed by atoms with van der Waals surface area (Å²) in [5, 5.41) is 3.14. The van der Waals surface area contributed by atoms with E-state index in [0.717, 1.165) is 30.4 Å². The fourth-order valence-corrected chi connectivity index (χ4v) is 3.55. The molecule has 0 aromatic heterocycles. The molecule has 2 nitrogen and oxygen atoms in total. The Hall–Kier alpha value is -2.29. The summed E-state index contributed by atoms with van der Waals surface area (Å²) >= 11 is 0. The van der Waals surface area contributed by atoms with Crippen LogP contribution in [-0.4, -0.2) is 19.0 Å². The third kappa shape index (κ3) is 3.30. The molecular formula is C21H25FN2. The highest BCUT2D eigenvalue weighted by Gasteiger charge is 2.26. The van der Waals surface area contributed by atoms with E-state index in [1.807, 2.05) is 13.1 Å². The third-order valence-corrected chi connectivity index (χ3v) is 4.88. The Morgan fingerprint density at radius 2 is 1.92 bits per heavy atom. The first-order valence-corrected chi connectivity index (χ1v) is 8.56. The van der Waals surface area contributed by atoms with Gasteiger partial charge in [0.15, 0.2) is 0 Å². The van der Waals surface area contributed by atoms with Crippen molar-refractivity contribution in [1.29, 1.82) is 0 Å². The summed E-state index contributed by atoms with van der Waals surface area (Å²) in [6.45, 7) is 2.07. The molecule has 126 valence electrons. The van der Waals surface area contributed by atoms with E-state index in [4.69, 9.17) is 0 Å². The van der Waals surface area contributed by atoms with Crippen molar-refractivity contribution in [1.82, 2.24) is 10.2 Å². The van der Waals surface area contributed by atoms with Crippen molar-refractivity contribution < 1.29 is 4.39 Å². The van der Waals surface area contributed by atoms with Gasteiger partial charge in [-0.25, -0.2) is 4.39 Å². The summed E-state index contributed by atoms with van der Waals surface area (Å²) in [5.41, 5.74) is 5.79. The van der Waals surface area contributed by atoms with Crippen molar-refractivity contribution in [2.75, 3.05) is 14.1 Å². The molecule has 0 spiro atoms. The molecule has 3 rings (SSSR count). The van der Waals surface area contributed by atoms with Crippen LogP contribution in [0.1, 0.15) is 36.4 Å². The van der Waals surface area contributed by atoms with Crippen LogP contribution in [0, 0.1) is 12.7 Å². The zero-order valence-electron chi connectivity index (χ0n) is 14.6.